The molecule has 11 heteroatoms. The van der Waals surface area contributed by atoms with Gasteiger partial charge in [-0.3, -0.25) is 13.9 Å². The number of hydrogen-bond donors (Lipinski definition) is 1. The molecule has 0 saturated carbocycles. The molecule has 1 N–H and O–H groups in total. The molecule has 45 heavy (non-hydrogen) atoms. The third-order valence-electron chi connectivity index (χ3n) is 7.34. The van der Waals surface area contributed by atoms with Gasteiger partial charge in [0.25, 0.3) is 10.0 Å². The van der Waals surface area contributed by atoms with E-state index in [1.54, 1.807) is 55.5 Å². The molecule has 0 aliphatic heterocycles. The predicted octanol–water partition coefficient (Wildman–Crippen LogP) is 5.90. The van der Waals surface area contributed by atoms with E-state index in [9.17, 15) is 31.2 Å². The van der Waals surface area contributed by atoms with Crippen LogP contribution in [0.15, 0.2) is 108 Å². The maximum Gasteiger partial charge on any atom is 0.416 e. The number of nitrogens with zero attached hydrogens (tertiary/aromatic N) is 2. The molecule has 0 heterocycles. The smallest absolute Gasteiger partial charge is 0.357 e. The van der Waals surface area contributed by atoms with Crippen molar-refractivity contribution in [2.45, 2.75) is 43.9 Å². The Bertz CT molecular complexity index is 1730. The lowest BCUT2D eigenvalue weighted by Crippen LogP contribution is -2.53. The van der Waals surface area contributed by atoms with Gasteiger partial charge in [0, 0.05) is 20.0 Å². The molecule has 1 atom stereocenters. The zero-order valence-corrected chi connectivity index (χ0v) is 25.9. The summed E-state index contributed by atoms with van der Waals surface area (Å²) in [6.07, 6.45) is -4.64. The summed E-state index contributed by atoms with van der Waals surface area (Å²) in [5, 5.41) is 2.60. The first-order chi connectivity index (χ1) is 21.3. The highest BCUT2D eigenvalue weighted by atomic mass is 32.2. The number of benzene rings is 4. The normalized spacial score (nSPS) is 12.3. The number of anilines is 1. The quantitative estimate of drug-likeness (QED) is 0.222. The van der Waals surface area contributed by atoms with Crippen molar-refractivity contribution in [3.05, 3.63) is 131 Å². The molecule has 0 aromatic heterocycles. The van der Waals surface area contributed by atoms with Crippen molar-refractivity contribution in [3.63, 3.8) is 0 Å². The Kier molecular flexibility index (Phi) is 10.3. The number of carbonyl (C=O) groups excluding carboxylic acids is 2. The standard InChI is InChI=1S/C34H34F3N3O4S/c1-24-12-16-27(17-13-24)22-39(31(33(42)38-3)20-26-8-5-4-6-9-26)32(41)23-40(29-11-7-10-28(21-29)34(35,36)37)45(43,44)30-18-14-25(2)15-19-30/h4-19,21,31H,20,22-23H2,1-3H3,(H,38,42). The summed E-state index contributed by atoms with van der Waals surface area (Å²) in [6.45, 7) is 2.76. The van der Waals surface area contributed by atoms with Crippen LogP contribution in [0.2, 0.25) is 0 Å². The molecule has 0 bridgehead atoms. The van der Waals surface area contributed by atoms with E-state index >= 15 is 0 Å². The van der Waals surface area contributed by atoms with Crippen molar-refractivity contribution in [2.75, 3.05) is 17.9 Å². The van der Waals surface area contributed by atoms with Crippen LogP contribution in [0.5, 0.6) is 0 Å². The van der Waals surface area contributed by atoms with Crippen LogP contribution >= 0.6 is 0 Å². The SMILES string of the molecule is CNC(=O)C(Cc1ccccc1)N(Cc1ccc(C)cc1)C(=O)CN(c1cccc(C(F)(F)F)c1)S(=O)(=O)c1ccc(C)cc1. The van der Waals surface area contributed by atoms with Gasteiger partial charge in [0.05, 0.1) is 16.1 Å². The predicted molar refractivity (Wildman–Crippen MR) is 167 cm³/mol. The average Bonchev–Trinajstić information content (AvgIpc) is 3.02. The van der Waals surface area contributed by atoms with Gasteiger partial charge in [-0.05, 0) is 55.3 Å². The Hall–Kier alpha value is -4.64. The third kappa shape index (κ3) is 8.30. The second kappa shape index (κ2) is 14.0. The third-order valence-corrected chi connectivity index (χ3v) is 9.13. The molecular formula is C34H34F3N3O4S. The molecule has 0 aliphatic rings. The number of rotatable bonds is 11. The molecule has 4 rings (SSSR count). The number of sulfonamides is 1. The van der Waals surface area contributed by atoms with Crippen LogP contribution < -0.4 is 9.62 Å². The first-order valence-electron chi connectivity index (χ1n) is 14.2. The van der Waals surface area contributed by atoms with E-state index < -0.39 is 46.2 Å². The van der Waals surface area contributed by atoms with Crippen molar-refractivity contribution >= 4 is 27.5 Å². The molecule has 4 aromatic rings. The van der Waals surface area contributed by atoms with Crippen molar-refractivity contribution in [3.8, 4) is 0 Å². The molecule has 1 unspecified atom stereocenters. The second-order valence-corrected chi connectivity index (χ2v) is 12.6. The molecule has 4 aromatic carbocycles. The van der Waals surface area contributed by atoms with E-state index in [0.717, 1.165) is 28.8 Å². The molecule has 236 valence electrons. The highest BCUT2D eigenvalue weighted by molar-refractivity contribution is 7.92. The fourth-order valence-corrected chi connectivity index (χ4v) is 6.22. The zero-order chi connectivity index (χ0) is 32.8. The van der Waals surface area contributed by atoms with Crippen molar-refractivity contribution in [1.82, 2.24) is 10.2 Å². The summed E-state index contributed by atoms with van der Waals surface area (Å²) in [4.78, 5) is 28.7. The van der Waals surface area contributed by atoms with Crippen LogP contribution in [0.4, 0.5) is 18.9 Å². The van der Waals surface area contributed by atoms with E-state index in [4.69, 9.17) is 0 Å². The molecule has 0 spiro atoms. The fourth-order valence-electron chi connectivity index (χ4n) is 4.81. The van der Waals surface area contributed by atoms with E-state index in [0.29, 0.717) is 15.9 Å². The van der Waals surface area contributed by atoms with Gasteiger partial charge in [0.2, 0.25) is 11.8 Å². The second-order valence-electron chi connectivity index (χ2n) is 10.7. The van der Waals surface area contributed by atoms with Gasteiger partial charge >= 0.3 is 6.18 Å². The number of hydrogen-bond acceptors (Lipinski definition) is 4. The summed E-state index contributed by atoms with van der Waals surface area (Å²) in [5.74, 6) is -1.25. The van der Waals surface area contributed by atoms with Crippen LogP contribution in [0.25, 0.3) is 0 Å². The van der Waals surface area contributed by atoms with E-state index in [1.165, 1.54) is 30.1 Å². The van der Waals surface area contributed by atoms with E-state index in [2.05, 4.69) is 5.32 Å². The lowest BCUT2D eigenvalue weighted by atomic mass is 10.0. The van der Waals surface area contributed by atoms with Crippen LogP contribution in [-0.4, -0.2) is 44.8 Å². The minimum absolute atomic E-state index is 0.0506. The molecule has 0 aliphatic carbocycles. The first kappa shape index (κ1) is 33.3. The van der Waals surface area contributed by atoms with Crippen LogP contribution in [0.3, 0.4) is 0 Å². The highest BCUT2D eigenvalue weighted by Gasteiger charge is 2.36. The molecular weight excluding hydrogens is 603 g/mol. The molecule has 7 nitrogen and oxygen atoms in total. The minimum Gasteiger partial charge on any atom is -0.357 e. The van der Waals surface area contributed by atoms with E-state index in [-0.39, 0.29) is 23.5 Å². The summed E-state index contributed by atoms with van der Waals surface area (Å²) in [5.41, 5.74) is 1.78. The topological polar surface area (TPSA) is 86.8 Å². The van der Waals surface area contributed by atoms with Crippen molar-refractivity contribution in [2.24, 2.45) is 0 Å². The number of aryl methyl sites for hydroxylation is 2. The number of likely N-dealkylation sites (N-methyl/N-ethyl adjacent to an activating group) is 1. The number of alkyl halides is 3. The number of halogens is 3. The minimum atomic E-state index is -4.75. The van der Waals surface area contributed by atoms with Gasteiger partial charge in [-0.1, -0.05) is 83.9 Å². The number of carbonyl (C=O) groups is 2. The highest BCUT2D eigenvalue weighted by Crippen LogP contribution is 2.33. The Morgan fingerprint density at radius 1 is 0.800 bits per heavy atom. The maximum atomic E-state index is 14.3. The summed E-state index contributed by atoms with van der Waals surface area (Å²) < 4.78 is 69.8. The first-order valence-corrected chi connectivity index (χ1v) is 15.6. The average molecular weight is 638 g/mol. The molecule has 0 saturated heterocycles. The Morgan fingerprint density at radius 3 is 1.98 bits per heavy atom. The molecule has 0 fully saturated rings. The van der Waals surface area contributed by atoms with Crippen molar-refractivity contribution in [1.29, 1.82) is 0 Å². The fraction of sp³-hybridized carbons (Fsp3) is 0.235. The summed E-state index contributed by atoms with van der Waals surface area (Å²) >= 11 is 0. The van der Waals surface area contributed by atoms with Crippen molar-refractivity contribution < 1.29 is 31.2 Å². The van der Waals surface area contributed by atoms with Gasteiger partial charge < -0.3 is 10.2 Å². The lowest BCUT2D eigenvalue weighted by molar-refractivity contribution is -0.139. The monoisotopic (exact) mass is 637 g/mol. The van der Waals surface area contributed by atoms with Crippen LogP contribution in [0.1, 0.15) is 27.8 Å². The van der Waals surface area contributed by atoms with Gasteiger partial charge in [0.15, 0.2) is 0 Å². The zero-order valence-electron chi connectivity index (χ0n) is 25.1. The summed E-state index contributed by atoms with van der Waals surface area (Å²) in [6, 6.07) is 24.9. The number of nitrogens with one attached hydrogen (secondary N) is 1. The van der Waals surface area contributed by atoms with Gasteiger partial charge in [0.1, 0.15) is 12.6 Å². The van der Waals surface area contributed by atoms with Gasteiger partial charge in [-0.15, -0.1) is 0 Å². The van der Waals surface area contributed by atoms with Gasteiger partial charge in [-0.2, -0.15) is 13.2 Å². The molecule has 0 radical (unpaired) electrons. The maximum absolute atomic E-state index is 14.3. The summed E-state index contributed by atoms with van der Waals surface area (Å²) in [7, 11) is -3.10. The Labute approximate surface area is 261 Å². The lowest BCUT2D eigenvalue weighted by Gasteiger charge is -2.33. The number of amides is 2. The Balaban J connectivity index is 1.82. The van der Waals surface area contributed by atoms with Gasteiger partial charge in [-0.25, -0.2) is 8.42 Å². The van der Waals surface area contributed by atoms with Crippen LogP contribution in [-0.2, 0) is 38.8 Å². The largest absolute Gasteiger partial charge is 0.416 e. The van der Waals surface area contributed by atoms with Crippen LogP contribution in [0, 0.1) is 13.8 Å². The van der Waals surface area contributed by atoms with E-state index in [1.807, 2.05) is 25.1 Å². The molecule has 2 amide bonds. The Morgan fingerprint density at radius 2 is 1.40 bits per heavy atom.